The van der Waals surface area contributed by atoms with E-state index in [1.807, 2.05) is 79.7 Å². The molecule has 4 heteroatoms. The van der Waals surface area contributed by atoms with Crippen LogP contribution < -0.4 is 4.90 Å². The van der Waals surface area contributed by atoms with Crippen LogP contribution in [0.25, 0.3) is 16.8 Å². The zero-order valence-corrected chi connectivity index (χ0v) is 16.9. The minimum absolute atomic E-state index is 0.241. The van der Waals surface area contributed by atoms with Gasteiger partial charge < -0.3 is 0 Å². The Balaban J connectivity index is 1.66. The molecule has 4 aromatic rings. The van der Waals surface area contributed by atoms with Gasteiger partial charge in [-0.15, -0.1) is 0 Å². The van der Waals surface area contributed by atoms with E-state index < -0.39 is 0 Å². The van der Waals surface area contributed by atoms with E-state index in [1.165, 1.54) is 12.1 Å². The molecule has 4 aromatic carbocycles. The maximum Gasteiger partial charge on any atom is 0.282 e. The first kappa shape index (κ1) is 18.9. The van der Waals surface area contributed by atoms with Gasteiger partial charge in [-0.05, 0) is 53.6 Å². The fourth-order valence-electron chi connectivity index (χ4n) is 3.77. The molecule has 1 heterocycles. The summed E-state index contributed by atoms with van der Waals surface area (Å²) in [6, 6.07) is 27.8. The fourth-order valence-corrected chi connectivity index (χ4v) is 3.77. The average Bonchev–Trinajstić information content (AvgIpc) is 3.11. The number of aryl methyl sites for hydroxylation is 1. The van der Waals surface area contributed by atoms with E-state index in [0.29, 0.717) is 17.2 Å². The van der Waals surface area contributed by atoms with Crippen molar-refractivity contribution in [1.29, 1.82) is 0 Å². The molecule has 150 valence electrons. The molecule has 0 saturated carbocycles. The van der Waals surface area contributed by atoms with Gasteiger partial charge in [0.05, 0.1) is 5.69 Å². The van der Waals surface area contributed by atoms with Crippen molar-refractivity contribution < 1.29 is 9.18 Å². The highest BCUT2D eigenvalue weighted by atomic mass is 19.1. The molecule has 0 aliphatic carbocycles. The molecule has 0 radical (unpaired) electrons. The van der Waals surface area contributed by atoms with Gasteiger partial charge in [0.2, 0.25) is 0 Å². The zero-order valence-electron chi connectivity index (χ0n) is 16.9. The number of anilines is 1. The van der Waals surface area contributed by atoms with Crippen LogP contribution in [-0.4, -0.2) is 11.7 Å². The Morgan fingerprint density at radius 1 is 0.839 bits per heavy atom. The number of aliphatic imine (C=N–C) groups is 1. The fraction of sp³-hybridized carbons (Fsp3) is 0.0370. The third-order valence-electron chi connectivity index (χ3n) is 5.37. The first-order valence-electron chi connectivity index (χ1n) is 10.1. The molecule has 0 spiro atoms. The van der Waals surface area contributed by atoms with Gasteiger partial charge in [-0.1, -0.05) is 72.3 Å². The lowest BCUT2D eigenvalue weighted by molar-refractivity contribution is -0.113. The van der Waals surface area contributed by atoms with Gasteiger partial charge in [-0.3, -0.25) is 9.69 Å². The average molecular weight is 406 g/mol. The molecule has 0 saturated heterocycles. The van der Waals surface area contributed by atoms with E-state index in [1.54, 1.807) is 17.0 Å². The van der Waals surface area contributed by atoms with Crippen LogP contribution in [0.5, 0.6) is 0 Å². The standard InChI is InChI=1S/C27H19FN2O/c1-18-9-11-20(12-10-18)26-29-25(27(31)30(26)23-15-13-22(28)14-16-23)17-21-7-4-6-19-5-2-3-8-24(19)21/h2-17H,1H3/b25-17+. The summed E-state index contributed by atoms with van der Waals surface area (Å²) in [7, 11) is 0. The summed E-state index contributed by atoms with van der Waals surface area (Å²) in [4.78, 5) is 19.7. The first-order valence-corrected chi connectivity index (χ1v) is 10.1. The van der Waals surface area contributed by atoms with Gasteiger partial charge in [-0.2, -0.15) is 0 Å². The Labute approximate surface area is 179 Å². The molecule has 3 nitrogen and oxygen atoms in total. The van der Waals surface area contributed by atoms with Crippen molar-refractivity contribution in [3.63, 3.8) is 0 Å². The van der Waals surface area contributed by atoms with E-state index in [4.69, 9.17) is 4.99 Å². The number of hydrogen-bond acceptors (Lipinski definition) is 2. The molecule has 1 aliphatic rings. The normalized spacial score (nSPS) is 15.0. The van der Waals surface area contributed by atoms with Crippen molar-refractivity contribution in [2.45, 2.75) is 6.92 Å². The molecule has 0 unspecified atom stereocenters. The van der Waals surface area contributed by atoms with Crippen molar-refractivity contribution >= 4 is 34.3 Å². The van der Waals surface area contributed by atoms with Crippen LogP contribution in [0.15, 0.2) is 102 Å². The number of hydrogen-bond donors (Lipinski definition) is 0. The Morgan fingerprint density at radius 2 is 1.55 bits per heavy atom. The third kappa shape index (κ3) is 3.53. The highest BCUT2D eigenvalue weighted by Gasteiger charge is 2.32. The second-order valence-corrected chi connectivity index (χ2v) is 7.52. The summed E-state index contributed by atoms with van der Waals surface area (Å²) in [5, 5.41) is 2.15. The summed E-state index contributed by atoms with van der Waals surface area (Å²) in [5.41, 5.74) is 3.79. The quantitative estimate of drug-likeness (QED) is 0.377. The van der Waals surface area contributed by atoms with Gasteiger partial charge in [-0.25, -0.2) is 9.38 Å². The molecule has 0 bridgehead atoms. The van der Waals surface area contributed by atoms with Crippen molar-refractivity contribution in [1.82, 2.24) is 0 Å². The number of carbonyl (C=O) groups is 1. The van der Waals surface area contributed by atoms with Gasteiger partial charge in [0.25, 0.3) is 5.91 Å². The van der Waals surface area contributed by atoms with Crippen molar-refractivity contribution in [3.05, 3.63) is 119 Å². The predicted molar refractivity (Wildman–Crippen MR) is 124 cm³/mol. The van der Waals surface area contributed by atoms with Crippen molar-refractivity contribution in [3.8, 4) is 0 Å². The van der Waals surface area contributed by atoms with E-state index in [-0.39, 0.29) is 11.7 Å². The van der Waals surface area contributed by atoms with Crippen molar-refractivity contribution in [2.24, 2.45) is 4.99 Å². The summed E-state index contributed by atoms with van der Waals surface area (Å²) in [5.74, 6) is -0.0612. The topological polar surface area (TPSA) is 32.7 Å². The van der Waals surface area contributed by atoms with Gasteiger partial charge >= 0.3 is 0 Å². The summed E-state index contributed by atoms with van der Waals surface area (Å²) in [6.45, 7) is 2.01. The maximum atomic E-state index is 13.5. The van der Waals surface area contributed by atoms with E-state index >= 15 is 0 Å². The summed E-state index contributed by atoms with van der Waals surface area (Å²) in [6.07, 6.45) is 1.82. The number of halogens is 1. The van der Waals surface area contributed by atoms with Crippen LogP contribution in [0.3, 0.4) is 0 Å². The lowest BCUT2D eigenvalue weighted by Crippen LogP contribution is -2.32. The summed E-state index contributed by atoms with van der Waals surface area (Å²) >= 11 is 0. The number of fused-ring (bicyclic) bond motifs is 1. The van der Waals surface area contributed by atoms with Crippen LogP contribution in [0, 0.1) is 12.7 Å². The highest BCUT2D eigenvalue weighted by Crippen LogP contribution is 2.29. The monoisotopic (exact) mass is 406 g/mol. The molecule has 0 fully saturated rings. The van der Waals surface area contributed by atoms with Crippen molar-refractivity contribution in [2.75, 3.05) is 4.90 Å². The Hall–Kier alpha value is -4.05. The lowest BCUT2D eigenvalue weighted by Gasteiger charge is -2.18. The van der Waals surface area contributed by atoms with Crippen LogP contribution in [0.1, 0.15) is 16.7 Å². The van der Waals surface area contributed by atoms with Crippen LogP contribution in [0.4, 0.5) is 10.1 Å². The maximum absolute atomic E-state index is 13.5. The number of carbonyl (C=O) groups excluding carboxylic acids is 1. The number of rotatable bonds is 3. The van der Waals surface area contributed by atoms with Crippen LogP contribution in [-0.2, 0) is 4.79 Å². The molecule has 1 aliphatic heterocycles. The summed E-state index contributed by atoms with van der Waals surface area (Å²) < 4.78 is 13.5. The van der Waals surface area contributed by atoms with Gasteiger partial charge in [0.1, 0.15) is 17.3 Å². The number of amides is 1. The number of benzene rings is 4. The van der Waals surface area contributed by atoms with Gasteiger partial charge in [0, 0.05) is 5.56 Å². The smallest absolute Gasteiger partial charge is 0.266 e. The number of amidine groups is 1. The molecule has 1 amide bonds. The highest BCUT2D eigenvalue weighted by molar-refractivity contribution is 6.33. The second-order valence-electron chi connectivity index (χ2n) is 7.52. The SMILES string of the molecule is Cc1ccc(C2=N/C(=C/c3cccc4ccccc34)C(=O)N2c2ccc(F)cc2)cc1. The molecular formula is C27H19FN2O. The molecule has 31 heavy (non-hydrogen) atoms. The number of nitrogens with zero attached hydrogens (tertiary/aromatic N) is 2. The largest absolute Gasteiger partial charge is 0.282 e. The molecule has 5 rings (SSSR count). The van der Waals surface area contributed by atoms with Gasteiger partial charge in [0.15, 0.2) is 0 Å². The third-order valence-corrected chi connectivity index (χ3v) is 5.37. The van der Waals surface area contributed by atoms with E-state index in [9.17, 15) is 9.18 Å². The lowest BCUT2D eigenvalue weighted by atomic mass is 10.0. The zero-order chi connectivity index (χ0) is 21.4. The molecule has 0 aromatic heterocycles. The van der Waals surface area contributed by atoms with Crippen LogP contribution >= 0.6 is 0 Å². The van der Waals surface area contributed by atoms with E-state index in [0.717, 1.165) is 27.5 Å². The Bertz CT molecular complexity index is 1350. The minimum atomic E-state index is -0.351. The second kappa shape index (κ2) is 7.65. The Morgan fingerprint density at radius 3 is 2.32 bits per heavy atom. The molecule has 0 atom stereocenters. The van der Waals surface area contributed by atoms with Crippen LogP contribution in [0.2, 0.25) is 0 Å². The van der Waals surface area contributed by atoms with E-state index in [2.05, 4.69) is 0 Å². The molecule has 0 N–H and O–H groups in total. The molecular weight excluding hydrogens is 387 g/mol. The first-order chi connectivity index (χ1) is 15.1. The Kier molecular flexibility index (Phi) is 4.68. The minimum Gasteiger partial charge on any atom is -0.266 e. The predicted octanol–water partition coefficient (Wildman–Crippen LogP) is 6.12.